The molecule has 0 bridgehead atoms. The van der Waals surface area contributed by atoms with Gasteiger partial charge in [0.1, 0.15) is 5.82 Å². The monoisotopic (exact) mass is 272 g/mol. The van der Waals surface area contributed by atoms with Crippen molar-refractivity contribution in [2.75, 3.05) is 0 Å². The Morgan fingerprint density at radius 3 is 1.89 bits per heavy atom. The summed E-state index contributed by atoms with van der Waals surface area (Å²) in [5.41, 5.74) is -0.0653. The van der Waals surface area contributed by atoms with Crippen molar-refractivity contribution in [3.05, 3.63) is 35.6 Å². The molecule has 1 aromatic rings. The second-order valence-electron chi connectivity index (χ2n) is 4.91. The second-order valence-corrected chi connectivity index (χ2v) is 5.23. The van der Waals surface area contributed by atoms with E-state index in [-0.39, 0.29) is 5.82 Å². The Balaban J connectivity index is 0.000000357. The van der Waals surface area contributed by atoms with Crippen LogP contribution in [0.3, 0.4) is 0 Å². The lowest BCUT2D eigenvalue weighted by molar-refractivity contribution is 0.0756. The molecule has 0 aromatic heterocycles. The summed E-state index contributed by atoms with van der Waals surface area (Å²) in [4.78, 5) is 8.77. The van der Waals surface area contributed by atoms with Crippen molar-refractivity contribution < 1.29 is 14.3 Å². The van der Waals surface area contributed by atoms with Crippen molar-refractivity contribution >= 4 is 17.0 Å². The van der Waals surface area contributed by atoms with Crippen molar-refractivity contribution in [1.82, 2.24) is 0 Å². The van der Waals surface area contributed by atoms with E-state index in [9.17, 15) is 4.39 Å². The smallest absolute Gasteiger partial charge is 0.401 e. The van der Waals surface area contributed by atoms with Gasteiger partial charge in [-0.05, 0) is 41.4 Å². The molecule has 18 heavy (non-hydrogen) atoms. The highest BCUT2D eigenvalue weighted by atomic mass is 35.5. The van der Waals surface area contributed by atoms with Crippen LogP contribution in [0.5, 0.6) is 0 Å². The van der Waals surface area contributed by atoms with Crippen LogP contribution < -0.4 is 0 Å². The fourth-order valence-corrected chi connectivity index (χ4v) is 2.76. The van der Waals surface area contributed by atoms with Crippen LogP contribution in [0.4, 0.5) is 9.18 Å². The molecule has 1 aliphatic rings. The summed E-state index contributed by atoms with van der Waals surface area (Å²) in [5, 5.41) is 7.18. The van der Waals surface area contributed by atoms with Gasteiger partial charge in [0.25, 0.3) is 0 Å². The van der Waals surface area contributed by atoms with E-state index in [2.05, 4.69) is 32.4 Å². The van der Waals surface area contributed by atoms with Crippen LogP contribution in [-0.4, -0.2) is 10.5 Å². The largest absolute Gasteiger partial charge is 0.469 e. The molecule has 4 heteroatoms. The quantitative estimate of drug-likeness (QED) is 0.750. The van der Waals surface area contributed by atoms with E-state index in [1.807, 2.05) is 12.1 Å². The molecule has 0 aliphatic heterocycles. The first-order valence-electron chi connectivity index (χ1n) is 5.98. The number of carboxylic acid groups (broad SMARTS) is 1. The third-order valence-electron chi connectivity index (χ3n) is 4.05. The van der Waals surface area contributed by atoms with Gasteiger partial charge in [-0.1, -0.05) is 32.9 Å². The maximum Gasteiger partial charge on any atom is 0.401 e. The standard InChI is InChI=1S/C13H17F.CHClO2/c1-8-9(2)13(10(8)3)11-4-6-12(14)7-5-11;2-1(3)4/h4-10,13H,1-3H3;(H,3,4). The van der Waals surface area contributed by atoms with E-state index in [1.165, 1.54) is 5.56 Å². The van der Waals surface area contributed by atoms with Crippen LogP contribution >= 0.6 is 11.6 Å². The number of hydrogen-bond acceptors (Lipinski definition) is 1. The third-order valence-corrected chi connectivity index (χ3v) is 4.05. The summed E-state index contributed by atoms with van der Waals surface area (Å²) in [6.45, 7) is 6.88. The van der Waals surface area contributed by atoms with E-state index in [0.29, 0.717) is 5.92 Å². The molecule has 1 fully saturated rings. The normalized spacial score (nSPS) is 29.8. The highest BCUT2D eigenvalue weighted by Crippen LogP contribution is 2.51. The number of benzene rings is 1. The maximum absolute atomic E-state index is 12.7. The van der Waals surface area contributed by atoms with E-state index in [4.69, 9.17) is 9.90 Å². The Morgan fingerprint density at radius 1 is 1.11 bits per heavy atom. The first kappa shape index (κ1) is 15.0. The zero-order valence-corrected chi connectivity index (χ0v) is 11.5. The molecule has 2 atom stereocenters. The maximum atomic E-state index is 12.7. The topological polar surface area (TPSA) is 37.3 Å². The molecule has 2 unspecified atom stereocenters. The zero-order chi connectivity index (χ0) is 13.9. The van der Waals surface area contributed by atoms with Gasteiger partial charge < -0.3 is 5.11 Å². The number of rotatable bonds is 1. The molecule has 0 amide bonds. The number of carbonyl (C=O) groups is 1. The van der Waals surface area contributed by atoms with Crippen LogP contribution in [-0.2, 0) is 0 Å². The summed E-state index contributed by atoms with van der Waals surface area (Å²) < 4.78 is 12.7. The Labute approximate surface area is 112 Å². The van der Waals surface area contributed by atoms with Crippen molar-refractivity contribution in [1.29, 1.82) is 0 Å². The highest BCUT2D eigenvalue weighted by Gasteiger charge is 2.42. The fraction of sp³-hybridized carbons (Fsp3) is 0.500. The van der Waals surface area contributed by atoms with Gasteiger partial charge in [-0.3, -0.25) is 0 Å². The molecule has 0 radical (unpaired) electrons. The average Bonchev–Trinajstić information content (AvgIpc) is 2.31. The Morgan fingerprint density at radius 2 is 1.50 bits per heavy atom. The molecular weight excluding hydrogens is 255 g/mol. The number of halogens is 2. The second kappa shape index (κ2) is 6.19. The highest BCUT2D eigenvalue weighted by molar-refractivity contribution is 6.60. The van der Waals surface area contributed by atoms with Crippen molar-refractivity contribution in [2.24, 2.45) is 17.8 Å². The number of hydrogen-bond donors (Lipinski definition) is 1. The molecule has 1 N–H and O–H groups in total. The lowest BCUT2D eigenvalue weighted by atomic mass is 9.57. The van der Waals surface area contributed by atoms with Crippen LogP contribution in [0.2, 0.25) is 0 Å². The molecule has 1 saturated carbocycles. The molecule has 0 heterocycles. The fourth-order valence-electron chi connectivity index (χ4n) is 2.76. The summed E-state index contributed by atoms with van der Waals surface area (Å²) >= 11 is 4.19. The Kier molecular flexibility index (Phi) is 5.15. The van der Waals surface area contributed by atoms with E-state index in [1.54, 1.807) is 12.1 Å². The predicted molar refractivity (Wildman–Crippen MR) is 70.5 cm³/mol. The summed E-state index contributed by atoms with van der Waals surface area (Å²) in [5.74, 6) is 2.75. The molecule has 0 spiro atoms. The van der Waals surface area contributed by atoms with Crippen LogP contribution in [0.1, 0.15) is 32.3 Å². The Bertz CT molecular complexity index is 391. The molecule has 2 rings (SSSR count). The SMILES string of the molecule is CC1C(C)C(c2ccc(F)cc2)C1C.O=C(O)Cl. The van der Waals surface area contributed by atoms with Gasteiger partial charge in [0, 0.05) is 11.6 Å². The molecule has 1 aromatic carbocycles. The van der Waals surface area contributed by atoms with E-state index in [0.717, 1.165) is 17.8 Å². The van der Waals surface area contributed by atoms with E-state index >= 15 is 0 Å². The zero-order valence-electron chi connectivity index (χ0n) is 10.7. The summed E-state index contributed by atoms with van der Waals surface area (Å²) in [6, 6.07) is 6.99. The van der Waals surface area contributed by atoms with Crippen LogP contribution in [0, 0.1) is 23.6 Å². The van der Waals surface area contributed by atoms with Gasteiger partial charge in [0.05, 0.1) is 0 Å². The van der Waals surface area contributed by atoms with Gasteiger partial charge in [0.2, 0.25) is 0 Å². The lowest BCUT2D eigenvalue weighted by Gasteiger charge is -2.48. The van der Waals surface area contributed by atoms with Crippen molar-refractivity contribution in [3.63, 3.8) is 0 Å². The van der Waals surface area contributed by atoms with Gasteiger partial charge in [-0.25, -0.2) is 9.18 Å². The van der Waals surface area contributed by atoms with Gasteiger partial charge in [-0.2, -0.15) is 0 Å². The van der Waals surface area contributed by atoms with Crippen molar-refractivity contribution in [2.45, 2.75) is 26.7 Å². The van der Waals surface area contributed by atoms with Gasteiger partial charge >= 0.3 is 5.43 Å². The summed E-state index contributed by atoms with van der Waals surface area (Å²) in [6.07, 6.45) is 0. The van der Waals surface area contributed by atoms with Crippen LogP contribution in [0.25, 0.3) is 0 Å². The average molecular weight is 273 g/mol. The molecule has 1 aliphatic carbocycles. The van der Waals surface area contributed by atoms with Crippen LogP contribution in [0.15, 0.2) is 24.3 Å². The minimum absolute atomic E-state index is 0.138. The molecular formula is C14H18ClFO2. The first-order chi connectivity index (χ1) is 8.34. The lowest BCUT2D eigenvalue weighted by Crippen LogP contribution is -2.39. The summed E-state index contributed by atoms with van der Waals surface area (Å²) in [7, 11) is 0. The Hall–Kier alpha value is -1.09. The van der Waals surface area contributed by atoms with Gasteiger partial charge in [0.15, 0.2) is 0 Å². The first-order valence-corrected chi connectivity index (χ1v) is 6.36. The minimum Gasteiger partial charge on any atom is -0.469 e. The molecule has 0 saturated heterocycles. The van der Waals surface area contributed by atoms with Crippen molar-refractivity contribution in [3.8, 4) is 0 Å². The predicted octanol–water partition coefficient (Wildman–Crippen LogP) is 4.73. The molecule has 2 nitrogen and oxygen atoms in total. The molecule has 100 valence electrons. The third kappa shape index (κ3) is 3.45. The van der Waals surface area contributed by atoms with E-state index < -0.39 is 5.43 Å². The minimum atomic E-state index is -1.36. The van der Waals surface area contributed by atoms with Gasteiger partial charge in [-0.15, -0.1) is 0 Å².